The van der Waals surface area contributed by atoms with Gasteiger partial charge in [0.05, 0.1) is 4.90 Å². The first-order chi connectivity index (χ1) is 12.2. The fourth-order valence-corrected chi connectivity index (χ4v) is 4.36. The Kier molecular flexibility index (Phi) is 39.1. The van der Waals surface area contributed by atoms with Gasteiger partial charge < -0.3 is 0 Å². The minimum atomic E-state index is -2.95. The molecule has 172 valence electrons. The van der Waals surface area contributed by atoms with Gasteiger partial charge in [0, 0.05) is 17.9 Å². The summed E-state index contributed by atoms with van der Waals surface area (Å²) in [7, 11) is -5.89. The Labute approximate surface area is 184 Å². The predicted molar refractivity (Wildman–Crippen MR) is 134 cm³/mol. The van der Waals surface area contributed by atoms with Gasteiger partial charge in [-0.3, -0.25) is 0 Å². The van der Waals surface area contributed by atoms with E-state index >= 15 is 0 Å². The average Bonchev–Trinajstić information content (AvgIpc) is 3.35. The van der Waals surface area contributed by atoms with Crippen molar-refractivity contribution in [1.29, 1.82) is 0 Å². The van der Waals surface area contributed by atoms with E-state index in [-0.39, 0.29) is 14.9 Å². The van der Waals surface area contributed by atoms with Gasteiger partial charge in [-0.25, -0.2) is 16.8 Å². The number of hydrogen-bond acceptors (Lipinski definition) is 6. The first-order valence-electron chi connectivity index (χ1n) is 8.67. The second kappa shape index (κ2) is 26.3. The van der Waals surface area contributed by atoms with Crippen LogP contribution in [-0.2, 0) is 19.7 Å². The zero-order valence-corrected chi connectivity index (χ0v) is 21.0. The van der Waals surface area contributed by atoms with Crippen LogP contribution >= 0.6 is 22.7 Å². The molecule has 4 nitrogen and oxygen atoms in total. The number of sulfone groups is 2. The zero-order valence-electron chi connectivity index (χ0n) is 17.7. The van der Waals surface area contributed by atoms with Gasteiger partial charge in [0.1, 0.15) is 4.21 Å². The monoisotopic (exact) mass is 476 g/mol. The highest BCUT2D eigenvalue weighted by Crippen LogP contribution is 2.14. The molecule has 0 unspecified atom stereocenters. The van der Waals surface area contributed by atoms with E-state index < -0.39 is 19.7 Å². The van der Waals surface area contributed by atoms with E-state index in [9.17, 15) is 16.8 Å². The molecule has 2 aromatic heterocycles. The van der Waals surface area contributed by atoms with Crippen molar-refractivity contribution in [1.82, 2.24) is 0 Å². The van der Waals surface area contributed by atoms with Crippen LogP contribution in [-0.4, -0.2) is 29.3 Å². The molecule has 0 saturated carbocycles. The van der Waals surface area contributed by atoms with E-state index in [1.807, 2.05) is 55.4 Å². The summed E-state index contributed by atoms with van der Waals surface area (Å²) >= 11 is 2.63. The molecule has 0 aliphatic rings. The summed E-state index contributed by atoms with van der Waals surface area (Å²) < 4.78 is 43.2. The van der Waals surface area contributed by atoms with Crippen molar-refractivity contribution in [2.45, 2.75) is 79.3 Å². The first kappa shape index (κ1) is 41.6. The lowest BCUT2D eigenvalue weighted by atomic mass is 10.7. The number of thiophene rings is 2. The molecule has 2 aromatic rings. The fourth-order valence-electron chi connectivity index (χ4n) is 0.937. The third-order valence-electron chi connectivity index (χ3n) is 1.78. The summed E-state index contributed by atoms with van der Waals surface area (Å²) in [5.74, 6) is 0. The van der Waals surface area contributed by atoms with Crippen LogP contribution in [0.15, 0.2) is 43.4 Å². The van der Waals surface area contributed by atoms with Crippen molar-refractivity contribution in [3.05, 3.63) is 34.3 Å². The molecule has 0 atom stereocenters. The maximum atomic E-state index is 10.7. The van der Waals surface area contributed by atoms with E-state index in [2.05, 4.69) is 0 Å². The molecule has 0 amide bonds. The van der Waals surface area contributed by atoms with Crippen molar-refractivity contribution in [2.24, 2.45) is 0 Å². The Balaban J connectivity index is -0.0000000606. The molecule has 0 N–H and O–H groups in total. The third-order valence-corrected chi connectivity index (χ3v) is 6.45. The van der Waals surface area contributed by atoms with Gasteiger partial charge >= 0.3 is 0 Å². The normalized spacial score (nSPS) is 8.36. The summed E-state index contributed by atoms with van der Waals surface area (Å²) in [4.78, 5) is 0.410. The summed E-state index contributed by atoms with van der Waals surface area (Å²) in [5.41, 5.74) is 0. The topological polar surface area (TPSA) is 68.3 Å². The lowest BCUT2D eigenvalue weighted by molar-refractivity contribution is 0.601. The van der Waals surface area contributed by atoms with Crippen LogP contribution < -0.4 is 0 Å². The smallest absolute Gasteiger partial charge is 0.184 e. The molecule has 2 rings (SSSR count). The van der Waals surface area contributed by atoms with Crippen LogP contribution in [0.5, 0.6) is 0 Å². The van der Waals surface area contributed by atoms with Crippen molar-refractivity contribution < 1.29 is 16.8 Å². The van der Waals surface area contributed by atoms with Gasteiger partial charge in [0.25, 0.3) is 0 Å². The lowest BCUT2D eigenvalue weighted by Crippen LogP contribution is -1.92. The molecule has 0 spiro atoms. The van der Waals surface area contributed by atoms with Crippen molar-refractivity contribution in [3.8, 4) is 0 Å². The molecule has 0 aliphatic heterocycles. The molecular formula is C20H44O4S4. The van der Waals surface area contributed by atoms with Gasteiger partial charge in [-0.2, -0.15) is 11.3 Å². The number of rotatable bonds is 2. The Morgan fingerprint density at radius 2 is 1.11 bits per heavy atom. The fraction of sp³-hybridized carbons (Fsp3) is 0.600. The first-order valence-corrected chi connectivity index (χ1v) is 14.3. The largest absolute Gasteiger partial charge is 0.224 e. The summed E-state index contributed by atoms with van der Waals surface area (Å²) in [6.07, 6.45) is 2.41. The van der Waals surface area contributed by atoms with E-state index in [1.54, 1.807) is 34.3 Å². The summed E-state index contributed by atoms with van der Waals surface area (Å²) in [6, 6.07) is 4.92. The summed E-state index contributed by atoms with van der Waals surface area (Å²) in [6.45, 7) is 16.0. The second-order valence-electron chi connectivity index (χ2n) is 3.44. The molecule has 8 heteroatoms. The SMILES string of the molecule is C.C.CC.CC.CC.CC.CS(=O)(=O)c1cccs1.CS(=O)(=O)c1ccsc1. The molecular weight excluding hydrogens is 432 g/mol. The minimum Gasteiger partial charge on any atom is -0.224 e. The average molecular weight is 477 g/mol. The molecule has 28 heavy (non-hydrogen) atoms. The Bertz CT molecular complexity index is 608. The summed E-state index contributed by atoms with van der Waals surface area (Å²) in [5, 5.41) is 5.11. The number of hydrogen-bond donors (Lipinski definition) is 0. The predicted octanol–water partition coefficient (Wildman–Crippen LogP) is 7.68. The van der Waals surface area contributed by atoms with Gasteiger partial charge in [0.2, 0.25) is 0 Å². The molecule has 2 heterocycles. The second-order valence-corrected chi connectivity index (χ2v) is 9.42. The van der Waals surface area contributed by atoms with Crippen molar-refractivity contribution in [2.75, 3.05) is 12.5 Å². The molecule has 0 aliphatic carbocycles. The van der Waals surface area contributed by atoms with E-state index in [4.69, 9.17) is 0 Å². The van der Waals surface area contributed by atoms with Gasteiger partial charge in [-0.05, 0) is 22.9 Å². The Morgan fingerprint density at radius 1 is 0.679 bits per heavy atom. The molecule has 0 saturated heterocycles. The highest BCUT2D eigenvalue weighted by atomic mass is 32.2. The van der Waals surface area contributed by atoms with Gasteiger partial charge in [0.15, 0.2) is 19.7 Å². The van der Waals surface area contributed by atoms with Crippen LogP contribution in [0.1, 0.15) is 70.2 Å². The zero-order chi connectivity index (χ0) is 21.8. The van der Waals surface area contributed by atoms with Crippen molar-refractivity contribution >= 4 is 42.3 Å². The van der Waals surface area contributed by atoms with Gasteiger partial charge in [-0.1, -0.05) is 76.3 Å². The highest BCUT2D eigenvalue weighted by molar-refractivity contribution is 7.92. The Hall–Kier alpha value is -0.700. The molecule has 0 aromatic carbocycles. The van der Waals surface area contributed by atoms with E-state index in [1.165, 1.54) is 35.2 Å². The highest BCUT2D eigenvalue weighted by Gasteiger charge is 2.05. The molecule has 0 fully saturated rings. The maximum Gasteiger partial charge on any atom is 0.184 e. The van der Waals surface area contributed by atoms with Crippen LogP contribution in [0.25, 0.3) is 0 Å². The lowest BCUT2D eigenvalue weighted by Gasteiger charge is -1.86. The van der Waals surface area contributed by atoms with E-state index in [0.717, 1.165) is 0 Å². The van der Waals surface area contributed by atoms with Crippen molar-refractivity contribution in [3.63, 3.8) is 0 Å². The van der Waals surface area contributed by atoms with Gasteiger partial charge in [-0.15, -0.1) is 11.3 Å². The van der Waals surface area contributed by atoms with Crippen LogP contribution in [0, 0.1) is 0 Å². The molecule has 0 bridgehead atoms. The minimum absolute atomic E-state index is 0. The van der Waals surface area contributed by atoms with Crippen LogP contribution in [0.2, 0.25) is 0 Å². The maximum absolute atomic E-state index is 10.7. The van der Waals surface area contributed by atoms with E-state index in [0.29, 0.717) is 9.10 Å². The third kappa shape index (κ3) is 23.3. The standard InChI is InChI=1S/2C5H6O2S2.4C2H6.2CH4/c1-9(6,7)5-2-3-8-4-5;1-9(6,7)5-3-2-4-8-5;4*1-2;;/h2*2-4H,1H3;4*1-2H3;2*1H4. The Morgan fingerprint density at radius 3 is 1.25 bits per heavy atom. The van der Waals surface area contributed by atoms with Crippen LogP contribution in [0.3, 0.4) is 0 Å². The molecule has 0 radical (unpaired) electrons. The van der Waals surface area contributed by atoms with Crippen LogP contribution in [0.4, 0.5) is 0 Å². The quantitative estimate of drug-likeness (QED) is 0.445.